The number of aromatic nitrogens is 2. The minimum atomic E-state index is -4.56. The fraction of sp³-hybridized carbons (Fsp3) is 0.350. The predicted molar refractivity (Wildman–Crippen MR) is 110 cm³/mol. The highest BCUT2D eigenvalue weighted by Crippen LogP contribution is 2.36. The fourth-order valence-corrected chi connectivity index (χ4v) is 5.13. The molecule has 0 bridgehead atoms. The molecule has 30 heavy (non-hydrogen) atoms. The normalized spacial score (nSPS) is 16.5. The molecule has 1 aliphatic carbocycles. The van der Waals surface area contributed by atoms with Crippen molar-refractivity contribution in [3.05, 3.63) is 55.9 Å². The third kappa shape index (κ3) is 3.96. The molecule has 0 saturated heterocycles. The number of benzene rings is 1. The monoisotopic (exact) mass is 455 g/mol. The molecule has 0 radical (unpaired) electrons. The van der Waals surface area contributed by atoms with E-state index in [9.17, 15) is 22.8 Å². The summed E-state index contributed by atoms with van der Waals surface area (Å²) in [6.07, 6.45) is -0.579. The molecule has 10 heteroatoms. The largest absolute Gasteiger partial charge is 0.416 e. The van der Waals surface area contributed by atoms with E-state index in [0.29, 0.717) is 16.1 Å². The number of carbonyl (C=O) groups excluding carboxylic acids is 1. The van der Waals surface area contributed by atoms with Crippen LogP contribution in [0.5, 0.6) is 0 Å². The summed E-state index contributed by atoms with van der Waals surface area (Å²) in [6.45, 7) is 1.79. The van der Waals surface area contributed by atoms with Gasteiger partial charge in [0.25, 0.3) is 5.56 Å². The van der Waals surface area contributed by atoms with Crippen molar-refractivity contribution < 1.29 is 18.0 Å². The number of nitrogens with one attached hydrogen (secondary N) is 1. The SMILES string of the molecule is CC1CCc2c(sc3ncn(CC(=O)Nc4cc(C(F)(F)F)ccc4Cl)c(=O)c23)C1. The molecular weight excluding hydrogens is 439 g/mol. The molecule has 1 atom stereocenters. The van der Waals surface area contributed by atoms with Crippen molar-refractivity contribution in [2.24, 2.45) is 5.92 Å². The molecule has 3 aromatic rings. The molecule has 158 valence electrons. The van der Waals surface area contributed by atoms with Crippen molar-refractivity contribution in [2.75, 3.05) is 5.32 Å². The van der Waals surface area contributed by atoms with Crippen LogP contribution in [-0.2, 0) is 30.4 Å². The van der Waals surface area contributed by atoms with Crippen LogP contribution in [0.25, 0.3) is 10.2 Å². The molecule has 2 aromatic heterocycles. The smallest absolute Gasteiger partial charge is 0.323 e. The number of amides is 1. The maximum atomic E-state index is 13.0. The summed E-state index contributed by atoms with van der Waals surface area (Å²) in [5, 5.41) is 2.86. The van der Waals surface area contributed by atoms with Gasteiger partial charge in [0.2, 0.25) is 5.91 Å². The van der Waals surface area contributed by atoms with Gasteiger partial charge in [-0.1, -0.05) is 18.5 Å². The highest BCUT2D eigenvalue weighted by Gasteiger charge is 2.31. The zero-order chi connectivity index (χ0) is 21.6. The van der Waals surface area contributed by atoms with Crippen LogP contribution in [-0.4, -0.2) is 15.5 Å². The Balaban J connectivity index is 1.60. The van der Waals surface area contributed by atoms with E-state index in [1.165, 1.54) is 22.2 Å². The summed E-state index contributed by atoms with van der Waals surface area (Å²) >= 11 is 7.42. The molecule has 4 rings (SSSR count). The van der Waals surface area contributed by atoms with Crippen LogP contribution in [0.1, 0.15) is 29.3 Å². The van der Waals surface area contributed by atoms with Gasteiger partial charge in [-0.25, -0.2) is 4.98 Å². The van der Waals surface area contributed by atoms with Crippen LogP contribution in [0.3, 0.4) is 0 Å². The standard InChI is InChI=1S/C20H17ClF3N3O2S/c1-10-2-4-12-15(6-10)30-18-17(12)19(29)27(9-25-18)8-16(28)26-14-7-11(20(22,23)24)3-5-13(14)21/h3,5,7,9-10H,2,4,6,8H2,1H3,(H,26,28). The Kier molecular flexibility index (Phi) is 5.36. The number of thiophene rings is 1. The number of halogens is 4. The number of carbonyl (C=O) groups is 1. The molecule has 1 unspecified atom stereocenters. The Morgan fingerprint density at radius 1 is 1.40 bits per heavy atom. The lowest BCUT2D eigenvalue weighted by atomic mass is 9.89. The van der Waals surface area contributed by atoms with Crippen LogP contribution in [0, 0.1) is 5.92 Å². The third-order valence-electron chi connectivity index (χ3n) is 5.16. The van der Waals surface area contributed by atoms with Crippen molar-refractivity contribution in [3.8, 4) is 0 Å². The van der Waals surface area contributed by atoms with Crippen molar-refractivity contribution in [1.82, 2.24) is 9.55 Å². The highest BCUT2D eigenvalue weighted by atomic mass is 35.5. The van der Waals surface area contributed by atoms with Crippen molar-refractivity contribution in [3.63, 3.8) is 0 Å². The van der Waals surface area contributed by atoms with Gasteiger partial charge in [0.15, 0.2) is 0 Å². The van der Waals surface area contributed by atoms with Crippen molar-refractivity contribution >= 4 is 44.7 Å². The van der Waals surface area contributed by atoms with Crippen LogP contribution >= 0.6 is 22.9 Å². The molecule has 0 fully saturated rings. The summed E-state index contributed by atoms with van der Waals surface area (Å²) in [6, 6.07) is 2.67. The predicted octanol–water partition coefficient (Wildman–Crippen LogP) is 4.89. The third-order valence-corrected chi connectivity index (χ3v) is 6.66. The van der Waals surface area contributed by atoms with Gasteiger partial charge in [-0.3, -0.25) is 14.2 Å². The number of alkyl halides is 3. The molecule has 0 saturated carbocycles. The zero-order valence-corrected chi connectivity index (χ0v) is 17.4. The lowest BCUT2D eigenvalue weighted by molar-refractivity contribution is -0.137. The Labute approximate surface area is 178 Å². The van der Waals surface area contributed by atoms with Gasteiger partial charge in [-0.15, -0.1) is 11.3 Å². The number of fused-ring (bicyclic) bond motifs is 3. The quantitative estimate of drug-likeness (QED) is 0.611. The molecule has 1 N–H and O–H groups in total. The number of rotatable bonds is 3. The van der Waals surface area contributed by atoms with E-state index in [1.54, 1.807) is 0 Å². The first-order valence-electron chi connectivity index (χ1n) is 9.29. The first kappa shape index (κ1) is 20.9. The Bertz CT molecular complexity index is 1200. The van der Waals surface area contributed by atoms with Gasteiger partial charge in [0.05, 0.1) is 28.0 Å². The van der Waals surface area contributed by atoms with Crippen LogP contribution in [0.15, 0.2) is 29.3 Å². The lowest BCUT2D eigenvalue weighted by Crippen LogP contribution is -2.28. The van der Waals surface area contributed by atoms with Crippen LogP contribution in [0.2, 0.25) is 5.02 Å². The Morgan fingerprint density at radius 3 is 2.90 bits per heavy atom. The van der Waals surface area contributed by atoms with E-state index < -0.39 is 17.6 Å². The minimum Gasteiger partial charge on any atom is -0.323 e. The summed E-state index contributed by atoms with van der Waals surface area (Å²) < 4.78 is 39.9. The number of hydrogen-bond acceptors (Lipinski definition) is 4. The second-order valence-corrected chi connectivity index (χ2v) is 8.94. The minimum absolute atomic E-state index is 0.0294. The van der Waals surface area contributed by atoms with E-state index >= 15 is 0 Å². The average Bonchev–Trinajstić information content (AvgIpc) is 3.03. The molecule has 0 spiro atoms. The molecule has 1 aliphatic rings. The highest BCUT2D eigenvalue weighted by molar-refractivity contribution is 7.18. The Morgan fingerprint density at radius 2 is 2.17 bits per heavy atom. The fourth-order valence-electron chi connectivity index (χ4n) is 3.62. The van der Waals surface area contributed by atoms with Crippen LogP contribution in [0.4, 0.5) is 18.9 Å². The van der Waals surface area contributed by atoms with Gasteiger partial charge in [0.1, 0.15) is 11.4 Å². The van der Waals surface area contributed by atoms with E-state index in [0.717, 1.165) is 47.9 Å². The summed E-state index contributed by atoms with van der Waals surface area (Å²) in [5.41, 5.74) is -0.416. The number of nitrogens with zero attached hydrogens (tertiary/aromatic N) is 2. The van der Waals surface area contributed by atoms with E-state index in [1.807, 2.05) is 0 Å². The van der Waals surface area contributed by atoms with Gasteiger partial charge >= 0.3 is 6.18 Å². The van der Waals surface area contributed by atoms with E-state index in [4.69, 9.17) is 11.6 Å². The van der Waals surface area contributed by atoms with E-state index in [-0.39, 0.29) is 22.8 Å². The topological polar surface area (TPSA) is 64.0 Å². The zero-order valence-electron chi connectivity index (χ0n) is 15.8. The summed E-state index contributed by atoms with van der Waals surface area (Å²) in [5.74, 6) is -0.118. The molecule has 1 amide bonds. The van der Waals surface area contributed by atoms with Gasteiger partial charge < -0.3 is 5.32 Å². The van der Waals surface area contributed by atoms with Crippen molar-refractivity contribution in [2.45, 2.75) is 38.9 Å². The summed E-state index contributed by atoms with van der Waals surface area (Å²) in [4.78, 5) is 31.5. The maximum Gasteiger partial charge on any atom is 0.416 e. The molecule has 2 heterocycles. The average molecular weight is 456 g/mol. The summed E-state index contributed by atoms with van der Waals surface area (Å²) in [7, 11) is 0. The molecular formula is C20H17ClF3N3O2S. The van der Waals surface area contributed by atoms with E-state index in [2.05, 4.69) is 17.2 Å². The second kappa shape index (κ2) is 7.70. The second-order valence-electron chi connectivity index (χ2n) is 7.45. The lowest BCUT2D eigenvalue weighted by Gasteiger charge is -2.17. The van der Waals surface area contributed by atoms with Gasteiger partial charge in [-0.05, 0) is 48.9 Å². The first-order chi connectivity index (χ1) is 14.1. The first-order valence-corrected chi connectivity index (χ1v) is 10.5. The molecule has 1 aromatic carbocycles. The number of aryl methyl sites for hydroxylation is 1. The molecule has 5 nitrogen and oxygen atoms in total. The van der Waals surface area contributed by atoms with Crippen LogP contribution < -0.4 is 10.9 Å². The van der Waals surface area contributed by atoms with Gasteiger partial charge in [-0.2, -0.15) is 13.2 Å². The number of anilines is 1. The maximum absolute atomic E-state index is 13.0. The number of hydrogen-bond donors (Lipinski definition) is 1. The molecule has 0 aliphatic heterocycles. The van der Waals surface area contributed by atoms with Crippen molar-refractivity contribution in [1.29, 1.82) is 0 Å². The Hall–Kier alpha value is -2.39. The van der Waals surface area contributed by atoms with Gasteiger partial charge in [0, 0.05) is 4.88 Å².